The number of carbonyl (C=O) groups excluding carboxylic acids is 1. The van der Waals surface area contributed by atoms with Crippen LogP contribution in [0.25, 0.3) is 0 Å². The highest BCUT2D eigenvalue weighted by Gasteiger charge is 2.43. The Balaban J connectivity index is 1.30. The molecule has 4 aliphatic rings. The first-order chi connectivity index (χ1) is 12.3. The molecule has 134 valence electrons. The van der Waals surface area contributed by atoms with E-state index in [-0.39, 0.29) is 5.91 Å². The smallest absolute Gasteiger partial charge is 0.255 e. The van der Waals surface area contributed by atoms with E-state index in [1.807, 2.05) is 4.90 Å². The van der Waals surface area contributed by atoms with Crippen LogP contribution < -0.4 is 0 Å². The Kier molecular flexibility index (Phi) is 4.01. The fourth-order valence-corrected chi connectivity index (χ4v) is 4.83. The Hall–Kier alpha value is -1.46. The number of amides is 1. The largest absolute Gasteiger partial charge is 0.378 e. The zero-order chi connectivity index (χ0) is 16.8. The molecule has 2 aliphatic carbocycles. The molecule has 1 aromatic heterocycles. The van der Waals surface area contributed by atoms with Crippen LogP contribution in [0.3, 0.4) is 0 Å². The second-order valence-corrected chi connectivity index (χ2v) is 8.12. The molecule has 0 radical (unpaired) electrons. The number of hydrogen-bond acceptors (Lipinski definition) is 4. The average molecular weight is 341 g/mol. The normalized spacial score (nSPS) is 29.8. The lowest BCUT2D eigenvalue weighted by atomic mass is 9.95. The minimum absolute atomic E-state index is 0.147. The van der Waals surface area contributed by atoms with Crippen molar-refractivity contribution in [2.75, 3.05) is 32.8 Å². The van der Waals surface area contributed by atoms with Crippen molar-refractivity contribution in [1.82, 2.24) is 14.8 Å². The van der Waals surface area contributed by atoms with E-state index < -0.39 is 0 Å². The van der Waals surface area contributed by atoms with Gasteiger partial charge in [-0.25, -0.2) is 0 Å². The maximum absolute atomic E-state index is 13.0. The molecule has 3 fully saturated rings. The molecule has 2 saturated heterocycles. The van der Waals surface area contributed by atoms with Crippen molar-refractivity contribution in [3.8, 4) is 0 Å². The molecule has 0 N–H and O–H groups in total. The number of aryl methyl sites for hydroxylation is 2. The maximum atomic E-state index is 13.0. The number of rotatable bonds is 2. The molecule has 2 aliphatic heterocycles. The van der Waals surface area contributed by atoms with Crippen LogP contribution in [-0.2, 0) is 17.6 Å². The van der Waals surface area contributed by atoms with Crippen molar-refractivity contribution < 1.29 is 9.53 Å². The molecule has 1 saturated carbocycles. The molecule has 0 spiro atoms. The van der Waals surface area contributed by atoms with Crippen molar-refractivity contribution in [3.05, 3.63) is 29.1 Å². The molecule has 25 heavy (non-hydrogen) atoms. The van der Waals surface area contributed by atoms with Crippen LogP contribution in [0.2, 0.25) is 0 Å². The second kappa shape index (κ2) is 6.36. The number of ether oxygens (including phenoxy) is 1. The molecule has 0 aromatic carbocycles. The lowest BCUT2D eigenvalue weighted by molar-refractivity contribution is -0.0816. The van der Waals surface area contributed by atoms with Crippen molar-refractivity contribution in [3.63, 3.8) is 0 Å². The Morgan fingerprint density at radius 2 is 2.04 bits per heavy atom. The van der Waals surface area contributed by atoms with Crippen LogP contribution in [0.4, 0.5) is 0 Å². The van der Waals surface area contributed by atoms with Crippen LogP contribution in [0.15, 0.2) is 12.3 Å². The summed E-state index contributed by atoms with van der Waals surface area (Å²) in [5.41, 5.74) is 3.25. The number of pyridine rings is 1. The molecular formula is C20H27N3O2. The zero-order valence-electron chi connectivity index (χ0n) is 14.8. The summed E-state index contributed by atoms with van der Waals surface area (Å²) in [7, 11) is 0. The van der Waals surface area contributed by atoms with Crippen LogP contribution in [-0.4, -0.2) is 65.6 Å². The predicted octanol–water partition coefficient (Wildman–Crippen LogP) is 1.90. The Bertz CT molecular complexity index is 673. The molecule has 0 bridgehead atoms. The molecule has 0 unspecified atom stereocenters. The highest BCUT2D eigenvalue weighted by Crippen LogP contribution is 2.38. The Labute approximate surface area is 149 Å². The summed E-state index contributed by atoms with van der Waals surface area (Å²) < 4.78 is 5.87. The van der Waals surface area contributed by atoms with Gasteiger partial charge in [-0.3, -0.25) is 14.7 Å². The topological polar surface area (TPSA) is 45.7 Å². The number of nitrogens with zero attached hydrogens (tertiary/aromatic N) is 3. The summed E-state index contributed by atoms with van der Waals surface area (Å²) in [4.78, 5) is 22.2. The highest BCUT2D eigenvalue weighted by molar-refractivity contribution is 5.94. The first kappa shape index (κ1) is 15.8. The van der Waals surface area contributed by atoms with E-state index in [0.717, 1.165) is 57.2 Å². The van der Waals surface area contributed by atoms with Crippen LogP contribution in [0.1, 0.15) is 47.3 Å². The third-order valence-corrected chi connectivity index (χ3v) is 6.42. The van der Waals surface area contributed by atoms with Gasteiger partial charge in [-0.15, -0.1) is 0 Å². The monoisotopic (exact) mass is 341 g/mol. The fraction of sp³-hybridized carbons (Fsp3) is 0.700. The molecule has 1 amide bonds. The summed E-state index contributed by atoms with van der Waals surface area (Å²) in [5, 5.41) is 0. The molecular weight excluding hydrogens is 314 g/mol. The van der Waals surface area contributed by atoms with E-state index in [1.165, 1.54) is 36.9 Å². The van der Waals surface area contributed by atoms with Gasteiger partial charge in [-0.05, 0) is 56.1 Å². The van der Waals surface area contributed by atoms with Crippen molar-refractivity contribution in [2.24, 2.45) is 5.92 Å². The van der Waals surface area contributed by atoms with E-state index in [0.29, 0.717) is 12.1 Å². The number of hydrogen-bond donors (Lipinski definition) is 0. The molecule has 5 nitrogen and oxygen atoms in total. The third-order valence-electron chi connectivity index (χ3n) is 6.42. The van der Waals surface area contributed by atoms with Gasteiger partial charge < -0.3 is 9.64 Å². The fourth-order valence-electron chi connectivity index (χ4n) is 4.83. The van der Waals surface area contributed by atoms with E-state index in [2.05, 4.69) is 16.0 Å². The SMILES string of the molecule is O=C(c1cnc2c(c1)CCCC2)N1CCN2[C@@H](COC[C@@H]2C2CC2)C1. The van der Waals surface area contributed by atoms with Gasteiger partial charge in [0.1, 0.15) is 0 Å². The zero-order valence-corrected chi connectivity index (χ0v) is 14.8. The Morgan fingerprint density at radius 1 is 1.16 bits per heavy atom. The van der Waals surface area contributed by atoms with Gasteiger partial charge in [-0.1, -0.05) is 0 Å². The van der Waals surface area contributed by atoms with E-state index in [1.54, 1.807) is 6.20 Å². The lowest BCUT2D eigenvalue weighted by Gasteiger charge is -2.48. The predicted molar refractivity (Wildman–Crippen MR) is 94.6 cm³/mol. The lowest BCUT2D eigenvalue weighted by Crippen LogP contribution is -2.63. The standard InChI is InChI=1S/C20H27N3O2/c24-20(16-9-15-3-1-2-4-18(15)21-10-16)22-7-8-23-17(11-22)12-25-13-19(23)14-5-6-14/h9-10,14,17,19H,1-8,11-13H2/t17-,19-/m1/s1. The van der Waals surface area contributed by atoms with Crippen molar-refractivity contribution in [1.29, 1.82) is 0 Å². The first-order valence-electron chi connectivity index (χ1n) is 9.90. The number of fused-ring (bicyclic) bond motifs is 2. The molecule has 3 heterocycles. The van der Waals surface area contributed by atoms with Crippen LogP contribution in [0, 0.1) is 5.92 Å². The number of aromatic nitrogens is 1. The van der Waals surface area contributed by atoms with Gasteiger partial charge in [-0.2, -0.15) is 0 Å². The maximum Gasteiger partial charge on any atom is 0.255 e. The van der Waals surface area contributed by atoms with Gasteiger partial charge in [0, 0.05) is 37.6 Å². The molecule has 1 aromatic rings. The van der Waals surface area contributed by atoms with Gasteiger partial charge >= 0.3 is 0 Å². The quantitative estimate of drug-likeness (QED) is 0.824. The van der Waals surface area contributed by atoms with Crippen LogP contribution in [0.5, 0.6) is 0 Å². The summed E-state index contributed by atoms with van der Waals surface area (Å²) in [5.74, 6) is 0.976. The summed E-state index contributed by atoms with van der Waals surface area (Å²) >= 11 is 0. The van der Waals surface area contributed by atoms with E-state index in [4.69, 9.17) is 4.74 Å². The number of morpholine rings is 1. The first-order valence-corrected chi connectivity index (χ1v) is 9.90. The minimum atomic E-state index is 0.147. The third kappa shape index (κ3) is 2.97. The van der Waals surface area contributed by atoms with E-state index in [9.17, 15) is 4.79 Å². The number of carbonyl (C=O) groups is 1. The minimum Gasteiger partial charge on any atom is -0.378 e. The average Bonchev–Trinajstić information content (AvgIpc) is 3.51. The summed E-state index contributed by atoms with van der Waals surface area (Å²) in [6.45, 7) is 4.24. The van der Waals surface area contributed by atoms with Gasteiger partial charge in [0.2, 0.25) is 0 Å². The van der Waals surface area contributed by atoms with Crippen molar-refractivity contribution >= 4 is 5.91 Å². The molecule has 2 atom stereocenters. The highest BCUT2D eigenvalue weighted by atomic mass is 16.5. The van der Waals surface area contributed by atoms with E-state index >= 15 is 0 Å². The van der Waals surface area contributed by atoms with Gasteiger partial charge in [0.05, 0.1) is 24.8 Å². The van der Waals surface area contributed by atoms with Gasteiger partial charge in [0.25, 0.3) is 5.91 Å². The second-order valence-electron chi connectivity index (χ2n) is 8.12. The van der Waals surface area contributed by atoms with Gasteiger partial charge in [0.15, 0.2) is 0 Å². The molecule has 5 heteroatoms. The Morgan fingerprint density at radius 3 is 2.92 bits per heavy atom. The number of piperazine rings is 1. The molecule has 5 rings (SSSR count). The summed E-state index contributed by atoms with van der Waals surface area (Å²) in [6, 6.07) is 3.05. The van der Waals surface area contributed by atoms with Crippen molar-refractivity contribution in [2.45, 2.75) is 50.6 Å². The van der Waals surface area contributed by atoms with Crippen LogP contribution >= 0.6 is 0 Å². The summed E-state index contributed by atoms with van der Waals surface area (Å²) in [6.07, 6.45) is 9.05.